The van der Waals surface area contributed by atoms with Crippen LogP contribution in [0.15, 0.2) is 24.3 Å². The molecule has 0 spiro atoms. The topological polar surface area (TPSA) is 235 Å². The summed E-state index contributed by atoms with van der Waals surface area (Å²) < 4.78 is 5.32. The minimum Gasteiger partial charge on any atom is -0.481 e. The van der Waals surface area contributed by atoms with Gasteiger partial charge in [0.05, 0.1) is 11.8 Å². The molecule has 0 bridgehead atoms. The van der Waals surface area contributed by atoms with E-state index in [2.05, 4.69) is 26.6 Å². The van der Waals surface area contributed by atoms with E-state index in [-0.39, 0.29) is 62.5 Å². The molecule has 2 atom stereocenters. The van der Waals surface area contributed by atoms with Gasteiger partial charge in [0, 0.05) is 31.6 Å². The Balaban J connectivity index is 2.74. The first-order valence-corrected chi connectivity index (χ1v) is 16.2. The van der Waals surface area contributed by atoms with Gasteiger partial charge >= 0.3 is 18.0 Å². The Hall–Kier alpha value is -4.69. The minimum atomic E-state index is -1.04. The first-order valence-electron chi connectivity index (χ1n) is 16.2. The van der Waals surface area contributed by atoms with Gasteiger partial charge in [-0.25, -0.2) is 4.79 Å². The van der Waals surface area contributed by atoms with E-state index in [9.17, 15) is 33.6 Å². The Morgan fingerprint density at radius 1 is 0.792 bits per heavy atom. The lowest BCUT2D eigenvalue weighted by molar-refractivity contribution is -0.154. The number of amides is 6. The molecule has 0 radical (unpaired) electrons. The van der Waals surface area contributed by atoms with Crippen molar-refractivity contribution in [3.63, 3.8) is 0 Å². The fraction of sp³-hybridized carbons (Fsp3) is 0.606. The lowest BCUT2D eigenvalue weighted by atomic mass is 9.97. The van der Waals surface area contributed by atoms with E-state index in [1.54, 1.807) is 58.9 Å². The third-order valence-corrected chi connectivity index (χ3v) is 7.04. The summed E-state index contributed by atoms with van der Waals surface area (Å²) in [6.45, 7) is 9.44. The fourth-order valence-electron chi connectivity index (χ4n) is 4.23. The van der Waals surface area contributed by atoms with E-state index in [1.807, 2.05) is 0 Å². The quantitative estimate of drug-likeness (QED) is 0.0746. The predicted molar refractivity (Wildman–Crippen MR) is 178 cm³/mol. The van der Waals surface area contributed by atoms with Crippen molar-refractivity contribution in [2.24, 2.45) is 17.1 Å². The minimum absolute atomic E-state index is 0.0760. The van der Waals surface area contributed by atoms with Crippen LogP contribution in [-0.4, -0.2) is 71.9 Å². The molecule has 0 saturated heterocycles. The van der Waals surface area contributed by atoms with Crippen LogP contribution >= 0.6 is 0 Å². The van der Waals surface area contributed by atoms with Crippen molar-refractivity contribution in [3.8, 4) is 0 Å². The van der Waals surface area contributed by atoms with Gasteiger partial charge in [-0.1, -0.05) is 32.4 Å². The van der Waals surface area contributed by atoms with Gasteiger partial charge in [-0.15, -0.1) is 0 Å². The Morgan fingerprint density at radius 3 is 2.02 bits per heavy atom. The second-order valence-corrected chi connectivity index (χ2v) is 12.9. The highest BCUT2D eigenvalue weighted by molar-refractivity contribution is 5.98. The molecule has 6 amide bonds. The zero-order valence-corrected chi connectivity index (χ0v) is 28.6. The van der Waals surface area contributed by atoms with Crippen LogP contribution in [0.25, 0.3) is 0 Å². The average Bonchev–Trinajstić information content (AvgIpc) is 3.00. The van der Waals surface area contributed by atoms with Crippen molar-refractivity contribution in [3.05, 3.63) is 29.8 Å². The summed E-state index contributed by atoms with van der Waals surface area (Å²) in [5.74, 6) is -3.40. The van der Waals surface area contributed by atoms with Gasteiger partial charge in [-0.3, -0.25) is 28.8 Å². The molecule has 8 N–H and O–H groups in total. The number of hydrogen-bond donors (Lipinski definition) is 7. The van der Waals surface area contributed by atoms with Crippen LogP contribution in [0.4, 0.5) is 10.5 Å². The van der Waals surface area contributed by atoms with Crippen LogP contribution in [0.5, 0.6) is 0 Å². The summed E-state index contributed by atoms with van der Waals surface area (Å²) in [6, 6.07) is 4.09. The molecule has 0 saturated carbocycles. The van der Waals surface area contributed by atoms with Crippen LogP contribution in [0.2, 0.25) is 0 Å². The Bertz CT molecular complexity index is 1240. The van der Waals surface area contributed by atoms with Crippen LogP contribution < -0.4 is 32.3 Å². The molecule has 1 aromatic rings. The Morgan fingerprint density at radius 2 is 1.44 bits per heavy atom. The number of ether oxygens (including phenoxy) is 1. The van der Waals surface area contributed by atoms with E-state index in [4.69, 9.17) is 15.6 Å². The van der Waals surface area contributed by atoms with Gasteiger partial charge in [0.1, 0.15) is 18.7 Å². The smallest absolute Gasteiger partial charge is 0.312 e. The largest absolute Gasteiger partial charge is 0.481 e. The van der Waals surface area contributed by atoms with Crippen molar-refractivity contribution >= 4 is 47.3 Å². The number of unbranched alkanes of at least 4 members (excludes halogenated alkanes) is 2. The van der Waals surface area contributed by atoms with Gasteiger partial charge in [0.15, 0.2) is 0 Å². The second-order valence-electron chi connectivity index (χ2n) is 12.9. The number of primary amides is 1. The maximum atomic E-state index is 13.3. The van der Waals surface area contributed by atoms with Crippen molar-refractivity contribution in [1.29, 1.82) is 0 Å². The molecule has 1 aromatic carbocycles. The van der Waals surface area contributed by atoms with E-state index in [0.29, 0.717) is 37.9 Å². The molecule has 1 unspecified atom stereocenters. The van der Waals surface area contributed by atoms with Gasteiger partial charge in [0.2, 0.25) is 23.6 Å². The molecular weight excluding hydrogens is 624 g/mol. The highest BCUT2D eigenvalue weighted by atomic mass is 16.5. The molecule has 0 aliphatic rings. The van der Waals surface area contributed by atoms with Crippen molar-refractivity contribution < 1.29 is 43.4 Å². The molecule has 0 aliphatic carbocycles. The molecular formula is C33H52N6O9. The van der Waals surface area contributed by atoms with E-state index >= 15 is 0 Å². The fourth-order valence-corrected chi connectivity index (χ4v) is 4.23. The average molecular weight is 677 g/mol. The number of esters is 1. The zero-order valence-electron chi connectivity index (χ0n) is 28.6. The maximum absolute atomic E-state index is 13.3. The van der Waals surface area contributed by atoms with Crippen LogP contribution in [0, 0.1) is 11.3 Å². The molecule has 0 heterocycles. The molecule has 268 valence electrons. The summed E-state index contributed by atoms with van der Waals surface area (Å²) in [6.07, 6.45) is 2.08. The molecule has 15 heteroatoms. The second kappa shape index (κ2) is 21.2. The Labute approximate surface area is 281 Å². The normalized spacial score (nSPS) is 12.3. The highest BCUT2D eigenvalue weighted by Gasteiger charge is 2.29. The molecule has 15 nitrogen and oxygen atoms in total. The maximum Gasteiger partial charge on any atom is 0.312 e. The third kappa shape index (κ3) is 17.9. The summed E-state index contributed by atoms with van der Waals surface area (Å²) in [7, 11) is 0. The first-order chi connectivity index (χ1) is 22.5. The van der Waals surface area contributed by atoms with Gasteiger partial charge in [-0.05, 0) is 70.1 Å². The van der Waals surface area contributed by atoms with Gasteiger partial charge in [0.25, 0.3) is 0 Å². The number of carboxylic acids is 1. The van der Waals surface area contributed by atoms with Gasteiger partial charge < -0.3 is 42.2 Å². The molecule has 0 fully saturated rings. The Kier molecular flexibility index (Phi) is 18.3. The lowest BCUT2D eigenvalue weighted by Crippen LogP contribution is -2.54. The number of anilines is 1. The highest BCUT2D eigenvalue weighted by Crippen LogP contribution is 2.18. The number of rotatable bonds is 21. The summed E-state index contributed by atoms with van der Waals surface area (Å²) in [5, 5.41) is 22.0. The number of benzene rings is 1. The van der Waals surface area contributed by atoms with Crippen molar-refractivity contribution in [2.75, 3.05) is 18.4 Å². The standard InChI is InChI=1S/C33H52N6O9/c1-21(2)28(39-26(41)11-7-6-8-18-35-25(40)16-17-27(42)43)30(45)38-24(10-9-19-36-32(34)47)29(44)37-23-14-12-22(13-15-23)20-48-31(46)33(3,4)5/h12-15,21,24,28H,6-11,16-20H2,1-5H3,(H,35,40)(H,37,44)(H,38,45)(H,39,41)(H,42,43)(H3,34,36,47)/t24?,28-/m0/s1. The number of carboxylic acid groups (broad SMARTS) is 1. The number of aliphatic carboxylic acids is 1. The van der Waals surface area contributed by atoms with Crippen LogP contribution in [-0.2, 0) is 40.1 Å². The lowest BCUT2D eigenvalue weighted by Gasteiger charge is -2.25. The van der Waals surface area contributed by atoms with Crippen LogP contribution in [0.3, 0.4) is 0 Å². The van der Waals surface area contributed by atoms with E-state index in [1.165, 1.54) is 0 Å². The third-order valence-electron chi connectivity index (χ3n) is 7.04. The number of nitrogens with one attached hydrogen (secondary N) is 5. The summed E-state index contributed by atoms with van der Waals surface area (Å²) in [4.78, 5) is 84.6. The number of carbonyl (C=O) groups is 7. The van der Waals surface area contributed by atoms with Crippen molar-refractivity contribution in [2.45, 2.75) is 105 Å². The van der Waals surface area contributed by atoms with Crippen molar-refractivity contribution in [1.82, 2.24) is 21.3 Å². The monoisotopic (exact) mass is 676 g/mol. The van der Waals surface area contributed by atoms with Crippen LogP contribution in [0.1, 0.15) is 91.5 Å². The zero-order chi connectivity index (χ0) is 36.3. The molecule has 0 aliphatic heterocycles. The van der Waals surface area contributed by atoms with Gasteiger partial charge in [-0.2, -0.15) is 0 Å². The molecule has 0 aromatic heterocycles. The number of nitrogens with two attached hydrogens (primary N) is 1. The molecule has 1 rings (SSSR count). The number of urea groups is 1. The molecule has 48 heavy (non-hydrogen) atoms. The van der Waals surface area contributed by atoms with E-state index < -0.39 is 41.3 Å². The first kappa shape index (κ1) is 41.3. The SMILES string of the molecule is CC(C)[C@H](NC(=O)CCCCCNC(=O)CCC(=O)O)C(=O)NC(CCCNC(N)=O)C(=O)Nc1ccc(COC(=O)C(C)(C)C)cc1. The number of carbonyl (C=O) groups excluding carboxylic acids is 6. The summed E-state index contributed by atoms with van der Waals surface area (Å²) >= 11 is 0. The van der Waals surface area contributed by atoms with E-state index in [0.717, 1.165) is 5.56 Å². The summed E-state index contributed by atoms with van der Waals surface area (Å²) in [5.41, 5.74) is 5.68. The number of hydrogen-bond acceptors (Lipinski definition) is 8. The predicted octanol–water partition coefficient (Wildman–Crippen LogP) is 2.33.